The largest absolute Gasteiger partial charge is 0.392 e. The van der Waals surface area contributed by atoms with Crippen LogP contribution in [0.15, 0.2) is 83.8 Å². The second-order valence-corrected chi connectivity index (χ2v) is 15.3. The molecule has 0 saturated carbocycles. The Balaban J connectivity index is 1.44. The topological polar surface area (TPSA) is 88.1 Å². The van der Waals surface area contributed by atoms with Gasteiger partial charge in [0.25, 0.3) is 0 Å². The summed E-state index contributed by atoms with van der Waals surface area (Å²) < 4.78 is 41.5. The summed E-state index contributed by atoms with van der Waals surface area (Å²) in [5.41, 5.74) is 3.73. The van der Waals surface area contributed by atoms with Gasteiger partial charge in [-0.05, 0) is 54.8 Å². The first-order valence-corrected chi connectivity index (χ1v) is 20.3. The van der Waals surface area contributed by atoms with Gasteiger partial charge in [-0.25, -0.2) is 13.1 Å². The zero-order chi connectivity index (χ0) is 34.7. The van der Waals surface area contributed by atoms with Gasteiger partial charge in [0, 0.05) is 25.1 Å². The van der Waals surface area contributed by atoms with Gasteiger partial charge in [0.2, 0.25) is 10.0 Å². The van der Waals surface area contributed by atoms with Crippen LogP contribution in [-0.2, 0) is 32.6 Å². The van der Waals surface area contributed by atoms with Crippen molar-refractivity contribution in [3.63, 3.8) is 0 Å². The third-order valence-corrected chi connectivity index (χ3v) is 10.9. The molecule has 3 atom stereocenters. The third-order valence-electron chi connectivity index (χ3n) is 9.50. The van der Waals surface area contributed by atoms with Crippen LogP contribution in [0.4, 0.5) is 0 Å². The number of nitrogens with zero attached hydrogens (tertiary/aromatic N) is 1. The van der Waals surface area contributed by atoms with Gasteiger partial charge in [-0.1, -0.05) is 145 Å². The normalized spacial score (nSPS) is 18.2. The monoisotopic (exact) mass is 692 g/mol. The summed E-state index contributed by atoms with van der Waals surface area (Å²) in [5, 5.41) is 9.60. The van der Waals surface area contributed by atoms with Gasteiger partial charge in [-0.2, -0.15) is 0 Å². The number of hydrogen-bond acceptors (Lipinski definition) is 6. The van der Waals surface area contributed by atoms with Gasteiger partial charge in [0.1, 0.15) is 0 Å². The fourth-order valence-corrected chi connectivity index (χ4v) is 7.54. The molecule has 4 rings (SSSR count). The van der Waals surface area contributed by atoms with Crippen molar-refractivity contribution in [2.45, 2.75) is 134 Å². The van der Waals surface area contributed by atoms with E-state index in [1.807, 2.05) is 36.4 Å². The minimum atomic E-state index is -3.60. The average molecular weight is 693 g/mol. The molecule has 0 radical (unpaired) electrons. The highest BCUT2D eigenvalue weighted by molar-refractivity contribution is 7.89. The lowest BCUT2D eigenvalue weighted by molar-refractivity contribution is -0.253. The number of unbranched alkanes of at least 4 members (excludes halogenated alkanes) is 10. The molecular weight excluding hydrogens is 633 g/mol. The van der Waals surface area contributed by atoms with E-state index in [-0.39, 0.29) is 30.3 Å². The summed E-state index contributed by atoms with van der Waals surface area (Å²) in [6.45, 7) is 7.80. The van der Waals surface area contributed by atoms with E-state index in [1.165, 1.54) is 77.0 Å². The van der Waals surface area contributed by atoms with Crippen molar-refractivity contribution in [1.82, 2.24) is 9.62 Å². The smallest absolute Gasteiger partial charge is 0.240 e. The van der Waals surface area contributed by atoms with Crippen LogP contribution in [0.3, 0.4) is 0 Å². The molecule has 1 heterocycles. The van der Waals surface area contributed by atoms with Crippen LogP contribution in [-0.4, -0.2) is 44.2 Å². The van der Waals surface area contributed by atoms with E-state index in [0.717, 1.165) is 48.3 Å². The Bertz CT molecular complexity index is 1400. The fraction of sp³-hybridized carbons (Fsp3) is 0.561. The second kappa shape index (κ2) is 21.6. The second-order valence-electron chi connectivity index (χ2n) is 13.6. The van der Waals surface area contributed by atoms with Crippen molar-refractivity contribution in [3.05, 3.63) is 101 Å². The van der Waals surface area contributed by atoms with Crippen LogP contribution in [0.5, 0.6) is 0 Å². The molecule has 2 N–H and O–H groups in total. The fourth-order valence-electron chi connectivity index (χ4n) is 6.50. The van der Waals surface area contributed by atoms with E-state index < -0.39 is 16.3 Å². The summed E-state index contributed by atoms with van der Waals surface area (Å²) in [7, 11) is -3.60. The standard InChI is InChI=1S/C41H60N2O5S/c1-3-5-7-9-11-16-28-43(29-17-12-10-8-6-4-2)32-38-30-40(36-24-22-35(33-44)23-25-36)48-41(47-38)37-26-20-34(21-27-37)31-42-49(45,46)39-18-14-13-15-19-39/h13-15,18-27,38,40-42,44H,3-12,16-17,28-33H2,1-2H3/t38-,40+,41+/m1/s1. The van der Waals surface area contributed by atoms with Crippen molar-refractivity contribution in [3.8, 4) is 0 Å². The summed E-state index contributed by atoms with van der Waals surface area (Å²) in [4.78, 5) is 2.88. The number of sulfonamides is 1. The van der Waals surface area contributed by atoms with Gasteiger partial charge in [-0.3, -0.25) is 0 Å². The molecule has 49 heavy (non-hydrogen) atoms. The number of aliphatic hydroxyl groups is 1. The van der Waals surface area contributed by atoms with Gasteiger partial charge >= 0.3 is 0 Å². The molecule has 0 unspecified atom stereocenters. The lowest BCUT2D eigenvalue weighted by Crippen LogP contribution is -2.40. The Hall–Kier alpha value is -2.59. The molecule has 7 nitrogen and oxygen atoms in total. The minimum absolute atomic E-state index is 0.00110. The van der Waals surface area contributed by atoms with Crippen molar-refractivity contribution in [2.24, 2.45) is 0 Å². The van der Waals surface area contributed by atoms with E-state index in [2.05, 4.69) is 35.6 Å². The molecule has 8 heteroatoms. The maximum Gasteiger partial charge on any atom is 0.240 e. The molecule has 3 aromatic carbocycles. The summed E-state index contributed by atoms with van der Waals surface area (Å²) in [5.74, 6) is 0. The van der Waals surface area contributed by atoms with Crippen LogP contribution >= 0.6 is 0 Å². The van der Waals surface area contributed by atoms with Gasteiger partial charge in [0.15, 0.2) is 6.29 Å². The third kappa shape index (κ3) is 13.6. The molecule has 0 amide bonds. The van der Waals surface area contributed by atoms with Gasteiger partial charge in [0.05, 0.1) is 23.7 Å². The lowest BCUT2D eigenvalue weighted by atomic mass is 9.99. The number of benzene rings is 3. The maximum atomic E-state index is 12.7. The average Bonchev–Trinajstić information content (AvgIpc) is 3.14. The Kier molecular flexibility index (Phi) is 17.3. The first-order valence-electron chi connectivity index (χ1n) is 18.8. The van der Waals surface area contributed by atoms with Crippen molar-refractivity contribution < 1.29 is 23.0 Å². The van der Waals surface area contributed by atoms with E-state index in [9.17, 15) is 13.5 Å². The number of nitrogens with one attached hydrogen (secondary N) is 1. The molecule has 1 saturated heterocycles. The van der Waals surface area contributed by atoms with Crippen molar-refractivity contribution in [1.29, 1.82) is 0 Å². The number of hydrogen-bond donors (Lipinski definition) is 2. The SMILES string of the molecule is CCCCCCCCN(CCCCCCCC)C[C@H]1C[C@@H](c2ccc(CO)cc2)O[C@@H](c2ccc(CNS(=O)(=O)c3ccccc3)cc2)O1. The molecule has 270 valence electrons. The molecule has 1 fully saturated rings. The highest BCUT2D eigenvalue weighted by atomic mass is 32.2. The molecular formula is C41H60N2O5S. The Labute approximate surface area is 296 Å². The zero-order valence-electron chi connectivity index (χ0n) is 29.9. The molecule has 0 spiro atoms. The van der Waals surface area contributed by atoms with Crippen LogP contribution in [0.25, 0.3) is 0 Å². The molecule has 3 aromatic rings. The number of aliphatic hydroxyl groups excluding tert-OH is 1. The van der Waals surface area contributed by atoms with Crippen molar-refractivity contribution >= 4 is 10.0 Å². The summed E-state index contributed by atoms with van der Waals surface area (Å²) in [6.07, 6.45) is 15.5. The first kappa shape index (κ1) is 39.2. The first-order chi connectivity index (χ1) is 23.9. The van der Waals surface area contributed by atoms with E-state index in [0.29, 0.717) is 0 Å². The molecule has 1 aliphatic heterocycles. The molecule has 0 bridgehead atoms. The van der Waals surface area contributed by atoms with Gasteiger partial charge in [-0.15, -0.1) is 0 Å². The predicted molar refractivity (Wildman–Crippen MR) is 199 cm³/mol. The highest BCUT2D eigenvalue weighted by Crippen LogP contribution is 2.38. The molecule has 0 aromatic heterocycles. The van der Waals surface area contributed by atoms with Crippen LogP contribution in [0.2, 0.25) is 0 Å². The number of rotatable bonds is 23. The maximum absolute atomic E-state index is 12.7. The Morgan fingerprint density at radius 3 is 1.84 bits per heavy atom. The highest BCUT2D eigenvalue weighted by Gasteiger charge is 2.33. The Morgan fingerprint density at radius 2 is 1.24 bits per heavy atom. The summed E-state index contributed by atoms with van der Waals surface area (Å²) in [6, 6.07) is 24.3. The van der Waals surface area contributed by atoms with Crippen molar-refractivity contribution in [2.75, 3.05) is 19.6 Å². The zero-order valence-corrected chi connectivity index (χ0v) is 30.7. The summed E-state index contributed by atoms with van der Waals surface area (Å²) >= 11 is 0. The van der Waals surface area contributed by atoms with Crippen LogP contribution in [0.1, 0.15) is 132 Å². The van der Waals surface area contributed by atoms with Crippen LogP contribution < -0.4 is 4.72 Å². The van der Waals surface area contributed by atoms with E-state index >= 15 is 0 Å². The van der Waals surface area contributed by atoms with E-state index in [4.69, 9.17) is 9.47 Å². The predicted octanol–water partition coefficient (Wildman–Crippen LogP) is 9.23. The van der Waals surface area contributed by atoms with Crippen LogP contribution in [0, 0.1) is 0 Å². The quantitative estimate of drug-likeness (QED) is 0.0964. The Morgan fingerprint density at radius 1 is 0.694 bits per heavy atom. The number of ether oxygens (including phenoxy) is 2. The lowest BCUT2D eigenvalue weighted by Gasteiger charge is -2.38. The minimum Gasteiger partial charge on any atom is -0.392 e. The van der Waals surface area contributed by atoms with E-state index in [1.54, 1.807) is 30.3 Å². The molecule has 0 aliphatic carbocycles. The van der Waals surface area contributed by atoms with Gasteiger partial charge < -0.3 is 19.5 Å². The molecule has 1 aliphatic rings.